The highest BCUT2D eigenvalue weighted by Gasteiger charge is 2.29. The van der Waals surface area contributed by atoms with Crippen molar-refractivity contribution in [3.8, 4) is 0 Å². The molecular weight excluding hydrogens is 442 g/mol. The zero-order chi connectivity index (χ0) is 24.0. The number of halogens is 1. The van der Waals surface area contributed by atoms with Gasteiger partial charge in [0.2, 0.25) is 5.95 Å². The number of nitrogens with one attached hydrogen (secondary N) is 1. The standard InChI is InChI=1S/C24H28ClN5O3/c1-12-8-16(15(4)26-18-6-7-19(25)27-21(18)23(32)33)20-17(9-12)22(31)29(5)24(28-20)30-10-13(2)14(3)11-30/h6-9,13-15,26H,10-11H2,1-5H3,(H,32,33)/t13-,14-,15+/m0/s1. The number of aromatic nitrogens is 3. The van der Waals surface area contributed by atoms with E-state index in [1.807, 2.05) is 26.0 Å². The van der Waals surface area contributed by atoms with Gasteiger partial charge in [-0.15, -0.1) is 0 Å². The van der Waals surface area contributed by atoms with Crippen LogP contribution in [0.4, 0.5) is 11.6 Å². The maximum atomic E-state index is 13.3. The van der Waals surface area contributed by atoms with Crippen molar-refractivity contribution >= 4 is 40.1 Å². The molecule has 2 N–H and O–H groups in total. The van der Waals surface area contributed by atoms with Gasteiger partial charge in [-0.3, -0.25) is 9.36 Å². The highest BCUT2D eigenvalue weighted by molar-refractivity contribution is 6.29. The molecule has 1 saturated heterocycles. The Morgan fingerprint density at radius 3 is 2.52 bits per heavy atom. The summed E-state index contributed by atoms with van der Waals surface area (Å²) in [5.41, 5.74) is 2.45. The molecule has 0 amide bonds. The first-order valence-electron chi connectivity index (χ1n) is 11.0. The van der Waals surface area contributed by atoms with E-state index in [9.17, 15) is 14.7 Å². The van der Waals surface area contributed by atoms with Crippen molar-refractivity contribution in [2.75, 3.05) is 23.3 Å². The summed E-state index contributed by atoms with van der Waals surface area (Å²) in [6, 6.07) is 6.64. The van der Waals surface area contributed by atoms with Crippen molar-refractivity contribution in [2.45, 2.75) is 33.7 Å². The lowest BCUT2D eigenvalue weighted by Gasteiger charge is -2.23. The Hall–Kier alpha value is -3.13. The summed E-state index contributed by atoms with van der Waals surface area (Å²) >= 11 is 5.89. The number of nitrogens with zero attached hydrogens (tertiary/aromatic N) is 4. The largest absolute Gasteiger partial charge is 0.476 e. The number of rotatable bonds is 5. The lowest BCUT2D eigenvalue weighted by atomic mass is 10.0. The smallest absolute Gasteiger partial charge is 0.356 e. The molecule has 0 aliphatic carbocycles. The number of carbonyl (C=O) groups is 1. The van der Waals surface area contributed by atoms with Crippen LogP contribution in [0.15, 0.2) is 29.1 Å². The van der Waals surface area contributed by atoms with E-state index in [4.69, 9.17) is 16.6 Å². The molecule has 1 aliphatic heterocycles. The fraction of sp³-hybridized carbons (Fsp3) is 0.417. The first-order chi connectivity index (χ1) is 15.6. The SMILES string of the molecule is Cc1cc([C@@H](C)Nc2ccc(Cl)nc2C(=O)O)c2nc(N3C[C@H](C)[C@@H](C)C3)n(C)c(=O)c2c1. The number of carboxylic acids is 1. The first-order valence-corrected chi connectivity index (χ1v) is 11.4. The number of hydrogen-bond acceptors (Lipinski definition) is 6. The average Bonchev–Trinajstić information content (AvgIpc) is 3.09. The van der Waals surface area contributed by atoms with Gasteiger partial charge in [0.15, 0.2) is 5.69 Å². The first kappa shape index (κ1) is 23.0. The zero-order valence-corrected chi connectivity index (χ0v) is 20.1. The zero-order valence-electron chi connectivity index (χ0n) is 19.4. The Kier molecular flexibility index (Phi) is 6.05. The van der Waals surface area contributed by atoms with Crippen molar-refractivity contribution < 1.29 is 9.90 Å². The summed E-state index contributed by atoms with van der Waals surface area (Å²) < 4.78 is 1.63. The van der Waals surface area contributed by atoms with Crippen molar-refractivity contribution in [2.24, 2.45) is 18.9 Å². The summed E-state index contributed by atoms with van der Waals surface area (Å²) in [7, 11) is 1.76. The molecule has 3 atom stereocenters. The van der Waals surface area contributed by atoms with E-state index in [1.54, 1.807) is 23.7 Å². The van der Waals surface area contributed by atoms with Crippen LogP contribution in [0.25, 0.3) is 10.9 Å². The van der Waals surface area contributed by atoms with Crippen LogP contribution in [0.3, 0.4) is 0 Å². The predicted octanol–water partition coefficient (Wildman–Crippen LogP) is 4.25. The maximum Gasteiger partial charge on any atom is 0.356 e. The van der Waals surface area contributed by atoms with Crippen LogP contribution in [0, 0.1) is 18.8 Å². The fourth-order valence-electron chi connectivity index (χ4n) is 4.47. The van der Waals surface area contributed by atoms with Gasteiger partial charge in [0.1, 0.15) is 5.15 Å². The molecule has 33 heavy (non-hydrogen) atoms. The second-order valence-corrected chi connectivity index (χ2v) is 9.47. The molecule has 174 valence electrons. The third-order valence-electron chi connectivity index (χ3n) is 6.50. The van der Waals surface area contributed by atoms with E-state index in [2.05, 4.69) is 29.0 Å². The number of pyridine rings is 1. The van der Waals surface area contributed by atoms with Crippen molar-refractivity contribution in [1.29, 1.82) is 0 Å². The normalized spacial score (nSPS) is 19.2. The van der Waals surface area contributed by atoms with Crippen LogP contribution in [0.2, 0.25) is 5.15 Å². The van der Waals surface area contributed by atoms with Crippen molar-refractivity contribution in [3.05, 3.63) is 56.6 Å². The molecule has 0 radical (unpaired) electrons. The summed E-state index contributed by atoms with van der Waals surface area (Å²) in [5.74, 6) is 0.512. The minimum Gasteiger partial charge on any atom is -0.476 e. The van der Waals surface area contributed by atoms with Crippen molar-refractivity contribution in [3.63, 3.8) is 0 Å². The molecular formula is C24H28ClN5O3. The van der Waals surface area contributed by atoms with E-state index in [0.29, 0.717) is 34.4 Å². The number of carboxylic acid groups (broad SMARTS) is 1. The second-order valence-electron chi connectivity index (χ2n) is 9.09. The van der Waals surface area contributed by atoms with E-state index in [-0.39, 0.29) is 22.4 Å². The van der Waals surface area contributed by atoms with Crippen LogP contribution in [-0.2, 0) is 7.05 Å². The molecule has 2 aromatic heterocycles. The third-order valence-corrected chi connectivity index (χ3v) is 6.71. The van der Waals surface area contributed by atoms with Gasteiger partial charge in [-0.1, -0.05) is 31.5 Å². The fourth-order valence-corrected chi connectivity index (χ4v) is 4.62. The molecule has 0 saturated carbocycles. The van der Waals surface area contributed by atoms with Crippen LogP contribution in [-0.4, -0.2) is 38.7 Å². The molecule has 3 heterocycles. The minimum absolute atomic E-state index is 0.0984. The molecule has 1 aliphatic rings. The molecule has 1 fully saturated rings. The van der Waals surface area contributed by atoms with Gasteiger partial charge < -0.3 is 15.3 Å². The molecule has 4 rings (SSSR count). The number of fused-ring (bicyclic) bond motifs is 1. The molecule has 9 heteroatoms. The van der Waals surface area contributed by atoms with Gasteiger partial charge in [0, 0.05) is 25.7 Å². The van der Waals surface area contributed by atoms with Gasteiger partial charge >= 0.3 is 5.97 Å². The van der Waals surface area contributed by atoms with E-state index in [1.165, 1.54) is 0 Å². The quantitative estimate of drug-likeness (QED) is 0.538. The maximum absolute atomic E-state index is 13.3. The lowest BCUT2D eigenvalue weighted by molar-refractivity contribution is 0.0691. The Balaban J connectivity index is 1.82. The number of hydrogen-bond donors (Lipinski definition) is 2. The molecule has 3 aromatic rings. The monoisotopic (exact) mass is 469 g/mol. The molecule has 8 nitrogen and oxygen atoms in total. The molecule has 1 aromatic carbocycles. The van der Waals surface area contributed by atoms with Crippen LogP contribution >= 0.6 is 11.6 Å². The van der Waals surface area contributed by atoms with Gasteiger partial charge in [0.05, 0.1) is 22.6 Å². The second kappa shape index (κ2) is 8.67. The van der Waals surface area contributed by atoms with E-state index in [0.717, 1.165) is 24.2 Å². The Morgan fingerprint density at radius 2 is 1.88 bits per heavy atom. The minimum atomic E-state index is -1.17. The summed E-state index contributed by atoms with van der Waals surface area (Å²) in [4.78, 5) is 36.0. The Morgan fingerprint density at radius 1 is 1.21 bits per heavy atom. The van der Waals surface area contributed by atoms with E-state index >= 15 is 0 Å². The van der Waals surface area contributed by atoms with Crippen molar-refractivity contribution in [1.82, 2.24) is 14.5 Å². The van der Waals surface area contributed by atoms with Gasteiger partial charge in [-0.25, -0.2) is 14.8 Å². The molecule has 0 unspecified atom stereocenters. The highest BCUT2D eigenvalue weighted by Crippen LogP contribution is 2.31. The van der Waals surface area contributed by atoms with Gasteiger partial charge in [-0.2, -0.15) is 0 Å². The van der Waals surface area contributed by atoms with Crippen LogP contribution < -0.4 is 15.8 Å². The Bertz CT molecular complexity index is 1300. The average molecular weight is 470 g/mol. The summed E-state index contributed by atoms with van der Waals surface area (Å²) in [6.07, 6.45) is 0. The topological polar surface area (TPSA) is 100 Å². The summed E-state index contributed by atoms with van der Waals surface area (Å²) in [6.45, 7) is 9.96. The third kappa shape index (κ3) is 4.27. The van der Waals surface area contributed by atoms with Gasteiger partial charge in [-0.05, 0) is 49.4 Å². The summed E-state index contributed by atoms with van der Waals surface area (Å²) in [5, 5.41) is 13.4. The molecule has 0 bridgehead atoms. The Labute approximate surface area is 197 Å². The van der Waals surface area contributed by atoms with E-state index < -0.39 is 5.97 Å². The number of benzene rings is 1. The number of aromatic carboxylic acids is 1. The molecule has 0 spiro atoms. The van der Waals surface area contributed by atoms with Crippen LogP contribution in [0.1, 0.15) is 48.4 Å². The lowest BCUT2D eigenvalue weighted by Crippen LogP contribution is -2.30. The van der Waals surface area contributed by atoms with Crippen LogP contribution in [0.5, 0.6) is 0 Å². The number of aryl methyl sites for hydroxylation is 1. The highest BCUT2D eigenvalue weighted by atomic mass is 35.5. The van der Waals surface area contributed by atoms with Gasteiger partial charge in [0.25, 0.3) is 5.56 Å². The number of anilines is 2. The predicted molar refractivity (Wildman–Crippen MR) is 131 cm³/mol.